The van der Waals surface area contributed by atoms with Gasteiger partial charge in [0.2, 0.25) is 17.7 Å². The van der Waals surface area contributed by atoms with Gasteiger partial charge in [0, 0.05) is 31.9 Å². The summed E-state index contributed by atoms with van der Waals surface area (Å²) in [7, 11) is 0. The number of imide groups is 1. The molecule has 2 aliphatic heterocycles. The van der Waals surface area contributed by atoms with E-state index in [1.54, 1.807) is 4.90 Å². The van der Waals surface area contributed by atoms with Crippen LogP contribution in [0.3, 0.4) is 0 Å². The van der Waals surface area contributed by atoms with E-state index in [2.05, 4.69) is 27.8 Å². The number of aliphatic imine (C=N–C) groups is 1. The number of rotatable bonds is 6. The number of hydrogen-bond donors (Lipinski definition) is 2. The van der Waals surface area contributed by atoms with E-state index in [1.165, 1.54) is 10.5 Å². The molecule has 1 aromatic rings. The van der Waals surface area contributed by atoms with Gasteiger partial charge >= 0.3 is 0 Å². The van der Waals surface area contributed by atoms with Gasteiger partial charge in [0.1, 0.15) is 6.54 Å². The van der Waals surface area contributed by atoms with Gasteiger partial charge in [0.25, 0.3) is 0 Å². The monoisotopic (exact) mass is 435 g/mol. The Labute approximate surface area is 187 Å². The first-order valence-electron chi connectivity index (χ1n) is 11.5. The second-order valence-corrected chi connectivity index (χ2v) is 8.87. The molecule has 1 saturated heterocycles. The van der Waals surface area contributed by atoms with Gasteiger partial charge in [0.15, 0.2) is 5.96 Å². The average Bonchev–Trinajstić information content (AvgIpc) is 3.56. The summed E-state index contributed by atoms with van der Waals surface area (Å²) in [6.45, 7) is 4.01. The summed E-state index contributed by atoms with van der Waals surface area (Å²) in [5.41, 5.74) is 2.15. The van der Waals surface area contributed by atoms with E-state index in [4.69, 9.17) is 0 Å². The number of benzene rings is 1. The second kappa shape index (κ2) is 8.41. The van der Waals surface area contributed by atoms with Crippen molar-refractivity contribution in [2.75, 3.05) is 37.6 Å². The minimum absolute atomic E-state index is 0.0322. The van der Waals surface area contributed by atoms with Crippen molar-refractivity contribution in [2.45, 2.75) is 19.8 Å². The molecule has 168 valence electrons. The third-order valence-electron chi connectivity index (χ3n) is 7.09. The number of anilines is 1. The Kier molecular flexibility index (Phi) is 5.45. The van der Waals surface area contributed by atoms with Crippen molar-refractivity contribution in [3.05, 3.63) is 42.0 Å². The van der Waals surface area contributed by atoms with Gasteiger partial charge in [-0.25, -0.2) is 4.99 Å². The van der Waals surface area contributed by atoms with Gasteiger partial charge < -0.3 is 15.5 Å². The van der Waals surface area contributed by atoms with Crippen molar-refractivity contribution in [1.29, 1.82) is 0 Å². The van der Waals surface area contributed by atoms with E-state index in [-0.39, 0.29) is 47.9 Å². The molecular weight excluding hydrogens is 406 g/mol. The third kappa shape index (κ3) is 3.47. The second-order valence-electron chi connectivity index (χ2n) is 8.87. The molecule has 2 heterocycles. The number of carbonyl (C=O) groups excluding carboxylic acids is 3. The van der Waals surface area contributed by atoms with Crippen molar-refractivity contribution < 1.29 is 14.4 Å². The van der Waals surface area contributed by atoms with Crippen LogP contribution in [0, 0.1) is 23.7 Å². The maximum atomic E-state index is 12.8. The van der Waals surface area contributed by atoms with E-state index in [9.17, 15) is 14.4 Å². The lowest BCUT2D eigenvalue weighted by Gasteiger charge is -2.19. The molecule has 2 fully saturated rings. The van der Waals surface area contributed by atoms with Gasteiger partial charge in [-0.2, -0.15) is 0 Å². The Bertz CT molecular complexity index is 973. The Morgan fingerprint density at radius 2 is 1.81 bits per heavy atom. The number of hydrogen-bond acceptors (Lipinski definition) is 4. The summed E-state index contributed by atoms with van der Waals surface area (Å²) in [6, 6.07) is 7.95. The molecular formula is C24H29N5O3. The highest BCUT2D eigenvalue weighted by molar-refractivity contribution is 6.06. The topological polar surface area (TPSA) is 94.1 Å². The highest BCUT2D eigenvalue weighted by atomic mass is 16.2. The van der Waals surface area contributed by atoms with Gasteiger partial charge in [-0.05, 0) is 43.2 Å². The molecule has 2 bridgehead atoms. The molecule has 0 radical (unpaired) electrons. The Balaban J connectivity index is 1.16. The smallest absolute Gasteiger partial charge is 0.248 e. The van der Waals surface area contributed by atoms with E-state index in [0.717, 1.165) is 18.5 Å². The fraction of sp³-hybridized carbons (Fsp3) is 0.500. The van der Waals surface area contributed by atoms with Crippen LogP contribution in [0.25, 0.3) is 0 Å². The van der Waals surface area contributed by atoms with E-state index in [0.29, 0.717) is 32.1 Å². The summed E-state index contributed by atoms with van der Waals surface area (Å²) >= 11 is 0. The van der Waals surface area contributed by atoms with Gasteiger partial charge in [-0.3, -0.25) is 19.3 Å². The lowest BCUT2D eigenvalue weighted by atomic mass is 9.85. The number of nitrogens with one attached hydrogen (secondary N) is 2. The van der Waals surface area contributed by atoms with Crippen LogP contribution < -0.4 is 15.5 Å². The fourth-order valence-electron chi connectivity index (χ4n) is 5.64. The molecule has 8 nitrogen and oxygen atoms in total. The lowest BCUT2D eigenvalue weighted by molar-refractivity contribution is -0.140. The van der Waals surface area contributed by atoms with Crippen LogP contribution in [0.4, 0.5) is 5.69 Å². The Morgan fingerprint density at radius 3 is 2.53 bits per heavy atom. The number of fused-ring (bicyclic) bond motifs is 6. The molecule has 4 atom stereocenters. The summed E-state index contributed by atoms with van der Waals surface area (Å²) in [5, 5.41) is 6.29. The fourth-order valence-corrected chi connectivity index (χ4v) is 5.64. The lowest BCUT2D eigenvalue weighted by Crippen LogP contribution is -2.44. The van der Waals surface area contributed by atoms with E-state index >= 15 is 0 Å². The van der Waals surface area contributed by atoms with Crippen molar-refractivity contribution in [3.63, 3.8) is 0 Å². The number of guanidine groups is 1. The minimum atomic E-state index is -0.166. The first-order chi connectivity index (χ1) is 15.6. The summed E-state index contributed by atoms with van der Waals surface area (Å²) in [5.74, 6) is 0.495. The highest BCUT2D eigenvalue weighted by Crippen LogP contribution is 2.52. The maximum Gasteiger partial charge on any atom is 0.248 e. The number of amides is 3. The number of para-hydroxylation sites is 1. The predicted octanol–water partition coefficient (Wildman–Crippen LogP) is 0.938. The number of likely N-dealkylation sites (tertiary alicyclic amines) is 1. The Morgan fingerprint density at radius 1 is 1.09 bits per heavy atom. The molecule has 4 aliphatic rings. The molecule has 0 aromatic heterocycles. The molecule has 1 saturated carbocycles. The Hall–Kier alpha value is -3.16. The molecule has 5 rings (SSSR count). The molecule has 1 aromatic carbocycles. The third-order valence-corrected chi connectivity index (χ3v) is 7.09. The van der Waals surface area contributed by atoms with Crippen LogP contribution in [-0.2, 0) is 20.8 Å². The van der Waals surface area contributed by atoms with Gasteiger partial charge in [-0.1, -0.05) is 30.4 Å². The van der Waals surface area contributed by atoms with Crippen LogP contribution in [0.2, 0.25) is 0 Å². The van der Waals surface area contributed by atoms with Crippen LogP contribution in [-0.4, -0.2) is 61.3 Å². The predicted molar refractivity (Wildman–Crippen MR) is 121 cm³/mol. The van der Waals surface area contributed by atoms with Crippen molar-refractivity contribution in [2.24, 2.45) is 28.7 Å². The summed E-state index contributed by atoms with van der Waals surface area (Å²) in [4.78, 5) is 45.9. The number of carbonyl (C=O) groups is 3. The first kappa shape index (κ1) is 20.7. The maximum absolute atomic E-state index is 12.8. The van der Waals surface area contributed by atoms with Crippen LogP contribution >= 0.6 is 0 Å². The molecule has 4 unspecified atom stereocenters. The molecule has 2 N–H and O–H groups in total. The van der Waals surface area contributed by atoms with Crippen molar-refractivity contribution >= 4 is 29.4 Å². The van der Waals surface area contributed by atoms with Crippen LogP contribution in [0.1, 0.15) is 18.9 Å². The number of allylic oxidation sites excluding steroid dienone is 2. The molecule has 32 heavy (non-hydrogen) atoms. The van der Waals surface area contributed by atoms with Crippen LogP contribution in [0.15, 0.2) is 41.4 Å². The standard InChI is InChI=1S/C24H29N5O3/c1-2-25-24(27-14-19(30)28-11-9-15-5-3-4-6-18(15)28)26-10-12-29-22(31)20-16-7-8-17(13-16)21(20)23(29)32/h3-8,16-17,20-21H,2,9-14H2,1H3,(H2,25,26,27). The molecule has 3 amide bonds. The van der Waals surface area contributed by atoms with Gasteiger partial charge in [0.05, 0.1) is 11.8 Å². The zero-order valence-electron chi connectivity index (χ0n) is 18.3. The average molecular weight is 436 g/mol. The molecule has 8 heteroatoms. The summed E-state index contributed by atoms with van der Waals surface area (Å²) < 4.78 is 0. The van der Waals surface area contributed by atoms with Crippen LogP contribution in [0.5, 0.6) is 0 Å². The highest BCUT2D eigenvalue weighted by Gasteiger charge is 2.58. The zero-order chi connectivity index (χ0) is 22.2. The SMILES string of the molecule is CCNC(=NCC(=O)N1CCc2ccccc21)NCCN1C(=O)C2C3C=CC(C3)C2C1=O. The molecule has 0 spiro atoms. The van der Waals surface area contributed by atoms with E-state index < -0.39 is 0 Å². The quantitative estimate of drug-likeness (QED) is 0.300. The van der Waals surface area contributed by atoms with Gasteiger partial charge in [-0.15, -0.1) is 0 Å². The summed E-state index contributed by atoms with van der Waals surface area (Å²) in [6.07, 6.45) is 6.00. The number of nitrogens with zero attached hydrogens (tertiary/aromatic N) is 3. The van der Waals surface area contributed by atoms with Crippen molar-refractivity contribution in [1.82, 2.24) is 15.5 Å². The zero-order valence-corrected chi connectivity index (χ0v) is 18.3. The normalized spacial score (nSPS) is 27.8. The first-order valence-corrected chi connectivity index (χ1v) is 11.5. The van der Waals surface area contributed by atoms with E-state index in [1.807, 2.05) is 31.2 Å². The largest absolute Gasteiger partial charge is 0.357 e. The molecule has 2 aliphatic carbocycles. The van der Waals surface area contributed by atoms with Crippen molar-refractivity contribution in [3.8, 4) is 0 Å². The minimum Gasteiger partial charge on any atom is -0.357 e.